The number of amides is 2. The molecule has 0 spiro atoms. The van der Waals surface area contributed by atoms with Crippen molar-refractivity contribution in [2.45, 2.75) is 64.1 Å². The Labute approximate surface area is 236 Å². The molecule has 1 atom stereocenters. The quantitative estimate of drug-likeness (QED) is 0.346. The Morgan fingerprint density at radius 1 is 0.923 bits per heavy atom. The molecule has 0 heterocycles. The summed E-state index contributed by atoms with van der Waals surface area (Å²) >= 11 is 6.07. The summed E-state index contributed by atoms with van der Waals surface area (Å²) < 4.78 is 28.8. The first-order valence-corrected chi connectivity index (χ1v) is 14.6. The summed E-state index contributed by atoms with van der Waals surface area (Å²) in [6, 6.07) is 21.3. The van der Waals surface area contributed by atoms with Gasteiger partial charge in [0.05, 0.1) is 10.6 Å². The van der Waals surface area contributed by atoms with E-state index in [4.69, 9.17) is 11.6 Å². The topological polar surface area (TPSA) is 86.8 Å². The first-order valence-electron chi connectivity index (χ1n) is 12.8. The van der Waals surface area contributed by atoms with Gasteiger partial charge in [0.15, 0.2) is 0 Å². The molecular weight excluding hydrogens is 534 g/mol. The van der Waals surface area contributed by atoms with E-state index < -0.39 is 34.1 Å². The van der Waals surface area contributed by atoms with Gasteiger partial charge >= 0.3 is 0 Å². The number of rotatable bonds is 10. The monoisotopic (exact) mass is 569 g/mol. The van der Waals surface area contributed by atoms with Crippen LogP contribution in [0.3, 0.4) is 0 Å². The molecule has 0 saturated carbocycles. The van der Waals surface area contributed by atoms with Crippen molar-refractivity contribution in [3.8, 4) is 0 Å². The number of nitrogens with zero attached hydrogens (tertiary/aromatic N) is 2. The molecule has 9 heteroatoms. The zero-order valence-corrected chi connectivity index (χ0v) is 24.6. The maximum absolute atomic E-state index is 14.0. The molecule has 7 nitrogen and oxygen atoms in total. The summed E-state index contributed by atoms with van der Waals surface area (Å²) in [4.78, 5) is 28.9. The van der Waals surface area contributed by atoms with Crippen molar-refractivity contribution >= 4 is 39.1 Å². The van der Waals surface area contributed by atoms with Crippen molar-refractivity contribution in [2.75, 3.05) is 10.8 Å². The first kappa shape index (κ1) is 30.2. The highest BCUT2D eigenvalue weighted by Gasteiger charge is 2.34. The number of hydrogen-bond acceptors (Lipinski definition) is 4. The van der Waals surface area contributed by atoms with Gasteiger partial charge in [0.25, 0.3) is 10.0 Å². The predicted octanol–water partition coefficient (Wildman–Crippen LogP) is 5.57. The second-order valence-electron chi connectivity index (χ2n) is 10.5. The van der Waals surface area contributed by atoms with Crippen molar-refractivity contribution in [3.05, 3.63) is 95.0 Å². The van der Waals surface area contributed by atoms with Crippen LogP contribution >= 0.6 is 11.6 Å². The minimum atomic E-state index is -4.12. The van der Waals surface area contributed by atoms with Crippen molar-refractivity contribution in [2.24, 2.45) is 0 Å². The van der Waals surface area contributed by atoms with Crippen LogP contribution in [0.2, 0.25) is 5.02 Å². The van der Waals surface area contributed by atoms with E-state index in [-0.39, 0.29) is 17.3 Å². The summed E-state index contributed by atoms with van der Waals surface area (Å²) in [5, 5.41) is 3.40. The third-order valence-corrected chi connectivity index (χ3v) is 8.12. The lowest BCUT2D eigenvalue weighted by Crippen LogP contribution is -2.55. The first-order chi connectivity index (χ1) is 18.3. The van der Waals surface area contributed by atoms with E-state index in [0.717, 1.165) is 15.4 Å². The van der Waals surface area contributed by atoms with Crippen LogP contribution in [0, 0.1) is 6.92 Å². The Hall–Kier alpha value is -3.36. The minimum Gasteiger partial charge on any atom is -0.350 e. The number of nitrogens with one attached hydrogen (secondary N) is 1. The van der Waals surface area contributed by atoms with E-state index in [1.165, 1.54) is 17.0 Å². The lowest BCUT2D eigenvalue weighted by Gasteiger charge is -2.34. The zero-order valence-electron chi connectivity index (χ0n) is 23.0. The molecule has 0 fully saturated rings. The molecule has 0 unspecified atom stereocenters. The molecule has 1 N–H and O–H groups in total. The minimum absolute atomic E-state index is 0.0583. The molecule has 0 radical (unpaired) electrons. The second kappa shape index (κ2) is 12.7. The summed E-state index contributed by atoms with van der Waals surface area (Å²) in [5.41, 5.74) is 1.52. The number of aryl methyl sites for hydroxylation is 1. The van der Waals surface area contributed by atoms with Gasteiger partial charge in [-0.25, -0.2) is 8.42 Å². The highest BCUT2D eigenvalue weighted by atomic mass is 35.5. The van der Waals surface area contributed by atoms with Crippen molar-refractivity contribution in [1.29, 1.82) is 0 Å². The van der Waals surface area contributed by atoms with Gasteiger partial charge in [-0.3, -0.25) is 13.9 Å². The summed E-state index contributed by atoms with van der Waals surface area (Å²) in [6.45, 7) is 8.97. The molecule has 0 aliphatic rings. The van der Waals surface area contributed by atoms with Gasteiger partial charge in [-0.05, 0) is 76.1 Å². The van der Waals surface area contributed by atoms with Gasteiger partial charge < -0.3 is 10.2 Å². The summed E-state index contributed by atoms with van der Waals surface area (Å²) in [6.07, 6.45) is 0.353. The fraction of sp³-hybridized carbons (Fsp3) is 0.333. The Bertz CT molecular complexity index is 1370. The molecule has 0 aliphatic carbocycles. The SMILES string of the molecule is CC[C@H](C(=O)NC(C)(C)C)N(Cc1ccccc1)C(=O)CN(c1ccc(Cl)cc1)S(=O)(=O)c1ccc(C)cc1. The number of halogens is 1. The van der Waals surface area contributed by atoms with Crippen LogP contribution in [0.15, 0.2) is 83.8 Å². The average molecular weight is 570 g/mol. The van der Waals surface area contributed by atoms with Gasteiger partial charge in [-0.15, -0.1) is 0 Å². The third-order valence-electron chi connectivity index (χ3n) is 6.08. The second-order valence-corrected chi connectivity index (χ2v) is 12.8. The van der Waals surface area contributed by atoms with E-state index in [2.05, 4.69) is 5.32 Å². The molecular formula is C30H36ClN3O4S. The number of sulfonamides is 1. The molecule has 3 rings (SSSR count). The molecule has 3 aromatic carbocycles. The van der Waals surface area contributed by atoms with Gasteiger partial charge in [-0.1, -0.05) is 66.6 Å². The van der Waals surface area contributed by atoms with Crippen LogP contribution in [0.4, 0.5) is 5.69 Å². The van der Waals surface area contributed by atoms with Crippen LogP contribution in [-0.2, 0) is 26.2 Å². The fourth-order valence-electron chi connectivity index (χ4n) is 4.13. The fourth-order valence-corrected chi connectivity index (χ4v) is 5.67. The molecule has 3 aromatic rings. The number of benzene rings is 3. The molecule has 0 aliphatic heterocycles. The van der Waals surface area contributed by atoms with E-state index in [9.17, 15) is 18.0 Å². The van der Waals surface area contributed by atoms with Gasteiger partial charge in [0.1, 0.15) is 12.6 Å². The highest BCUT2D eigenvalue weighted by Crippen LogP contribution is 2.26. The van der Waals surface area contributed by atoms with Gasteiger partial charge in [0.2, 0.25) is 11.8 Å². The Balaban J connectivity index is 2.05. The van der Waals surface area contributed by atoms with Crippen LogP contribution in [0.25, 0.3) is 0 Å². The van der Waals surface area contributed by atoms with Crippen molar-refractivity contribution in [3.63, 3.8) is 0 Å². The zero-order chi connectivity index (χ0) is 28.8. The Morgan fingerprint density at radius 2 is 1.51 bits per heavy atom. The van der Waals surface area contributed by atoms with Crippen LogP contribution < -0.4 is 9.62 Å². The Morgan fingerprint density at radius 3 is 2.05 bits per heavy atom. The predicted molar refractivity (Wildman–Crippen MR) is 156 cm³/mol. The number of carbonyl (C=O) groups is 2. The average Bonchev–Trinajstić information content (AvgIpc) is 2.87. The lowest BCUT2D eigenvalue weighted by molar-refractivity contribution is -0.141. The molecule has 39 heavy (non-hydrogen) atoms. The normalized spacial score (nSPS) is 12.5. The maximum atomic E-state index is 14.0. The maximum Gasteiger partial charge on any atom is 0.264 e. The Kier molecular flexibility index (Phi) is 9.80. The standard InChI is InChI=1S/C30H36ClN3O4S/c1-6-27(29(36)32-30(3,4)5)33(20-23-10-8-7-9-11-23)28(35)21-34(25-16-14-24(31)15-17-25)39(37,38)26-18-12-22(2)13-19-26/h7-19,27H,6,20-21H2,1-5H3,(H,32,36)/t27-/m1/s1. The van der Waals surface area contributed by atoms with Crippen molar-refractivity contribution < 1.29 is 18.0 Å². The third kappa shape index (κ3) is 8.07. The van der Waals surface area contributed by atoms with Crippen LogP contribution in [0.1, 0.15) is 45.2 Å². The largest absolute Gasteiger partial charge is 0.350 e. The molecule has 208 valence electrons. The lowest BCUT2D eigenvalue weighted by atomic mass is 10.1. The molecule has 0 bridgehead atoms. The van der Waals surface area contributed by atoms with Crippen LogP contribution in [0.5, 0.6) is 0 Å². The van der Waals surface area contributed by atoms with Gasteiger partial charge in [0, 0.05) is 17.1 Å². The van der Waals surface area contributed by atoms with Crippen molar-refractivity contribution in [1.82, 2.24) is 10.2 Å². The summed E-state index contributed by atoms with van der Waals surface area (Å²) in [7, 11) is -4.12. The highest BCUT2D eigenvalue weighted by molar-refractivity contribution is 7.92. The van der Waals surface area contributed by atoms with Gasteiger partial charge in [-0.2, -0.15) is 0 Å². The molecule has 0 saturated heterocycles. The molecule has 0 aromatic heterocycles. The number of hydrogen-bond donors (Lipinski definition) is 1. The number of anilines is 1. The van der Waals surface area contributed by atoms with E-state index in [0.29, 0.717) is 17.1 Å². The van der Waals surface area contributed by atoms with Crippen LogP contribution in [-0.4, -0.2) is 43.3 Å². The number of carbonyl (C=O) groups excluding carboxylic acids is 2. The summed E-state index contributed by atoms with van der Waals surface area (Å²) in [5.74, 6) is -0.797. The van der Waals surface area contributed by atoms with E-state index in [1.807, 2.05) is 65.0 Å². The smallest absolute Gasteiger partial charge is 0.264 e. The van der Waals surface area contributed by atoms with E-state index >= 15 is 0 Å². The van der Waals surface area contributed by atoms with E-state index in [1.54, 1.807) is 36.4 Å². The molecule has 2 amide bonds.